The molecule has 1 fully saturated rings. The molecule has 2 rings (SSSR count). The van der Waals surface area contributed by atoms with Gasteiger partial charge in [-0.05, 0) is 31.4 Å². The van der Waals surface area contributed by atoms with E-state index in [-0.39, 0.29) is 12.6 Å². The number of halogens is 3. The second-order valence-corrected chi connectivity index (χ2v) is 4.40. The van der Waals surface area contributed by atoms with Crippen molar-refractivity contribution in [1.29, 1.82) is 0 Å². The molecule has 0 aromatic carbocycles. The summed E-state index contributed by atoms with van der Waals surface area (Å²) in [6.45, 7) is 0.581. The zero-order chi connectivity index (χ0) is 13.2. The van der Waals surface area contributed by atoms with Gasteiger partial charge >= 0.3 is 6.18 Å². The zero-order valence-electron chi connectivity index (χ0n) is 9.82. The molecule has 0 saturated carbocycles. The summed E-state index contributed by atoms with van der Waals surface area (Å²) in [7, 11) is 0. The van der Waals surface area contributed by atoms with Gasteiger partial charge in [0.2, 0.25) is 0 Å². The van der Waals surface area contributed by atoms with Gasteiger partial charge in [0.25, 0.3) is 0 Å². The van der Waals surface area contributed by atoms with Crippen LogP contribution in [0.25, 0.3) is 0 Å². The maximum Gasteiger partial charge on any atom is 0.433 e. The van der Waals surface area contributed by atoms with E-state index in [9.17, 15) is 18.3 Å². The number of aliphatic hydroxyl groups excluding tert-OH is 1. The highest BCUT2D eigenvalue weighted by atomic mass is 19.4. The average molecular weight is 260 g/mol. The average Bonchev–Trinajstić information content (AvgIpc) is 2.38. The minimum atomic E-state index is -4.43. The highest BCUT2D eigenvalue weighted by molar-refractivity contribution is 5.41. The molecule has 1 aliphatic rings. The van der Waals surface area contributed by atoms with Crippen molar-refractivity contribution < 1.29 is 18.3 Å². The van der Waals surface area contributed by atoms with Crippen molar-refractivity contribution >= 4 is 5.82 Å². The summed E-state index contributed by atoms with van der Waals surface area (Å²) < 4.78 is 37.8. The number of rotatable bonds is 2. The molecule has 6 heteroatoms. The normalized spacial score (nSPS) is 21.1. The largest absolute Gasteiger partial charge is 0.433 e. The summed E-state index contributed by atoms with van der Waals surface area (Å²) in [5.74, 6) is 0.295. The van der Waals surface area contributed by atoms with E-state index in [0.29, 0.717) is 12.4 Å². The predicted octanol–water partition coefficient (Wildman–Crippen LogP) is 2.45. The van der Waals surface area contributed by atoms with Gasteiger partial charge in [0, 0.05) is 6.54 Å². The minimum Gasteiger partial charge on any atom is -0.394 e. The second kappa shape index (κ2) is 5.14. The van der Waals surface area contributed by atoms with Crippen LogP contribution in [0.4, 0.5) is 19.0 Å². The lowest BCUT2D eigenvalue weighted by Gasteiger charge is -2.35. The van der Waals surface area contributed by atoms with Crippen LogP contribution in [-0.2, 0) is 6.18 Å². The molecule has 0 amide bonds. The number of aromatic nitrogens is 1. The van der Waals surface area contributed by atoms with Crippen molar-refractivity contribution in [3.05, 3.63) is 23.9 Å². The summed E-state index contributed by atoms with van der Waals surface area (Å²) in [6, 6.07) is 3.74. The third-order valence-electron chi connectivity index (χ3n) is 3.16. The summed E-state index contributed by atoms with van der Waals surface area (Å²) in [5.41, 5.74) is -0.887. The molecular formula is C12H15F3N2O. The Morgan fingerprint density at radius 2 is 2.11 bits per heavy atom. The molecule has 18 heavy (non-hydrogen) atoms. The summed E-state index contributed by atoms with van der Waals surface area (Å²) in [5, 5.41) is 9.26. The van der Waals surface area contributed by atoms with Crippen LogP contribution >= 0.6 is 0 Å². The van der Waals surface area contributed by atoms with E-state index in [0.717, 1.165) is 25.3 Å². The molecule has 2 heterocycles. The molecule has 1 aromatic rings. The Morgan fingerprint density at radius 1 is 1.33 bits per heavy atom. The molecule has 1 atom stereocenters. The topological polar surface area (TPSA) is 36.4 Å². The molecule has 1 N–H and O–H groups in total. The van der Waals surface area contributed by atoms with E-state index in [2.05, 4.69) is 4.98 Å². The number of piperidine rings is 1. The van der Waals surface area contributed by atoms with Gasteiger partial charge in [0.05, 0.1) is 12.6 Å². The first-order valence-corrected chi connectivity index (χ1v) is 5.94. The first kappa shape index (κ1) is 13.1. The summed E-state index contributed by atoms with van der Waals surface area (Å²) >= 11 is 0. The highest BCUT2D eigenvalue weighted by Gasteiger charge is 2.33. The van der Waals surface area contributed by atoms with Crippen molar-refractivity contribution in [3.63, 3.8) is 0 Å². The predicted molar refractivity (Wildman–Crippen MR) is 61.3 cm³/mol. The first-order valence-electron chi connectivity index (χ1n) is 5.94. The third kappa shape index (κ3) is 2.75. The summed E-state index contributed by atoms with van der Waals surface area (Å²) in [6.07, 6.45) is -1.75. The van der Waals surface area contributed by atoms with Gasteiger partial charge in [-0.25, -0.2) is 4.98 Å². The number of hydrogen-bond donors (Lipinski definition) is 1. The van der Waals surface area contributed by atoms with E-state index in [4.69, 9.17) is 0 Å². The van der Waals surface area contributed by atoms with Crippen molar-refractivity contribution in [1.82, 2.24) is 4.98 Å². The zero-order valence-corrected chi connectivity index (χ0v) is 9.82. The molecule has 0 spiro atoms. The Bertz CT molecular complexity index is 409. The fourth-order valence-electron chi connectivity index (χ4n) is 2.23. The van der Waals surface area contributed by atoms with Gasteiger partial charge in [0.15, 0.2) is 0 Å². The van der Waals surface area contributed by atoms with Crippen LogP contribution in [0.3, 0.4) is 0 Å². The van der Waals surface area contributed by atoms with E-state index in [1.165, 1.54) is 6.07 Å². The molecule has 1 aliphatic heterocycles. The third-order valence-corrected chi connectivity index (χ3v) is 3.16. The molecule has 3 nitrogen and oxygen atoms in total. The lowest BCUT2D eigenvalue weighted by atomic mass is 10.0. The van der Waals surface area contributed by atoms with E-state index < -0.39 is 11.9 Å². The van der Waals surface area contributed by atoms with Crippen LogP contribution in [0, 0.1) is 0 Å². The van der Waals surface area contributed by atoms with E-state index in [1.807, 2.05) is 0 Å². The fourth-order valence-corrected chi connectivity index (χ4v) is 2.23. The smallest absolute Gasteiger partial charge is 0.394 e. The Hall–Kier alpha value is -1.30. The second-order valence-electron chi connectivity index (χ2n) is 4.40. The number of alkyl halides is 3. The van der Waals surface area contributed by atoms with Gasteiger partial charge in [0.1, 0.15) is 11.5 Å². The minimum absolute atomic E-state index is 0.0576. The van der Waals surface area contributed by atoms with Gasteiger partial charge in [-0.1, -0.05) is 6.07 Å². The lowest BCUT2D eigenvalue weighted by molar-refractivity contribution is -0.141. The monoisotopic (exact) mass is 260 g/mol. The quantitative estimate of drug-likeness (QED) is 0.887. The first-order chi connectivity index (χ1) is 8.52. The molecular weight excluding hydrogens is 245 g/mol. The summed E-state index contributed by atoms with van der Waals surface area (Å²) in [4.78, 5) is 5.42. The van der Waals surface area contributed by atoms with Crippen LogP contribution in [0.5, 0.6) is 0 Å². The maximum absolute atomic E-state index is 12.6. The molecule has 0 aliphatic carbocycles. The van der Waals surface area contributed by atoms with Crippen LogP contribution in [-0.4, -0.2) is 29.3 Å². The van der Waals surface area contributed by atoms with Crippen LogP contribution in [0.15, 0.2) is 18.2 Å². The number of hydrogen-bond acceptors (Lipinski definition) is 3. The fraction of sp³-hybridized carbons (Fsp3) is 0.583. The van der Waals surface area contributed by atoms with Gasteiger partial charge in [-0.15, -0.1) is 0 Å². The molecule has 1 unspecified atom stereocenters. The van der Waals surface area contributed by atoms with Crippen molar-refractivity contribution in [3.8, 4) is 0 Å². The number of nitrogens with zero attached hydrogens (tertiary/aromatic N) is 2. The van der Waals surface area contributed by atoms with E-state index >= 15 is 0 Å². The van der Waals surface area contributed by atoms with Crippen molar-refractivity contribution in [2.75, 3.05) is 18.1 Å². The standard InChI is InChI=1S/C12H15F3N2O/c13-12(14,15)10-5-3-6-11(16-10)17-7-2-1-4-9(17)8-18/h3,5-6,9,18H,1-2,4,7-8H2. The number of anilines is 1. The van der Waals surface area contributed by atoms with Crippen LogP contribution < -0.4 is 4.90 Å². The Labute approximate surface area is 103 Å². The Kier molecular flexibility index (Phi) is 3.75. The molecule has 0 bridgehead atoms. The van der Waals surface area contributed by atoms with E-state index in [1.54, 1.807) is 11.0 Å². The molecule has 1 saturated heterocycles. The Morgan fingerprint density at radius 3 is 2.78 bits per heavy atom. The highest BCUT2D eigenvalue weighted by Crippen LogP contribution is 2.30. The van der Waals surface area contributed by atoms with Crippen molar-refractivity contribution in [2.24, 2.45) is 0 Å². The maximum atomic E-state index is 12.6. The van der Waals surface area contributed by atoms with Gasteiger partial charge < -0.3 is 10.0 Å². The molecule has 0 radical (unpaired) electrons. The SMILES string of the molecule is OCC1CCCCN1c1cccc(C(F)(F)F)n1. The van der Waals surface area contributed by atoms with Crippen molar-refractivity contribution in [2.45, 2.75) is 31.5 Å². The van der Waals surface area contributed by atoms with Gasteiger partial charge in [-0.2, -0.15) is 13.2 Å². The van der Waals surface area contributed by atoms with Gasteiger partial charge in [-0.3, -0.25) is 0 Å². The Balaban J connectivity index is 2.27. The molecule has 100 valence electrons. The van der Waals surface area contributed by atoms with Crippen LogP contribution in [0.1, 0.15) is 25.0 Å². The number of pyridine rings is 1. The molecule has 1 aromatic heterocycles. The lowest BCUT2D eigenvalue weighted by Crippen LogP contribution is -2.42. The number of aliphatic hydroxyl groups is 1. The van der Waals surface area contributed by atoms with Crippen LogP contribution in [0.2, 0.25) is 0 Å².